The second-order valence-electron chi connectivity index (χ2n) is 6.44. The molecule has 6 nitrogen and oxygen atoms in total. The van der Waals surface area contributed by atoms with Crippen molar-refractivity contribution in [1.82, 2.24) is 9.99 Å². The van der Waals surface area contributed by atoms with Crippen LogP contribution in [0, 0.1) is 13.8 Å². The highest BCUT2D eigenvalue weighted by Crippen LogP contribution is 2.23. The van der Waals surface area contributed by atoms with Crippen LogP contribution in [0.15, 0.2) is 39.9 Å². The van der Waals surface area contributed by atoms with Crippen molar-refractivity contribution >= 4 is 28.1 Å². The SMILES string of the molecule is Cc1cc(C=NNC(=O)CC2(C)OCCO2)c(C)n1-c1cccc(Br)c1. The molecule has 26 heavy (non-hydrogen) atoms. The van der Waals surface area contributed by atoms with Gasteiger partial charge >= 0.3 is 0 Å². The first kappa shape index (κ1) is 18.8. The normalized spacial score (nSPS) is 16.3. The fraction of sp³-hybridized carbons (Fsp3) is 0.368. The molecule has 138 valence electrons. The number of aryl methyl sites for hydroxylation is 1. The number of ether oxygens (including phenoxy) is 2. The largest absolute Gasteiger partial charge is 0.347 e. The molecule has 2 aromatic rings. The van der Waals surface area contributed by atoms with E-state index in [9.17, 15) is 4.79 Å². The molecule has 0 bridgehead atoms. The number of halogens is 1. The summed E-state index contributed by atoms with van der Waals surface area (Å²) < 4.78 is 14.0. The van der Waals surface area contributed by atoms with E-state index in [0.717, 1.165) is 27.1 Å². The van der Waals surface area contributed by atoms with Gasteiger partial charge in [-0.15, -0.1) is 0 Å². The monoisotopic (exact) mass is 419 g/mol. The zero-order valence-corrected chi connectivity index (χ0v) is 16.7. The first-order chi connectivity index (χ1) is 12.4. The van der Waals surface area contributed by atoms with Crippen molar-refractivity contribution in [2.45, 2.75) is 33.0 Å². The van der Waals surface area contributed by atoms with Gasteiger partial charge in [-0.2, -0.15) is 5.10 Å². The Labute approximate surface area is 161 Å². The zero-order valence-electron chi connectivity index (χ0n) is 15.1. The van der Waals surface area contributed by atoms with Crippen molar-refractivity contribution in [3.8, 4) is 5.69 Å². The quantitative estimate of drug-likeness (QED) is 0.595. The molecular formula is C19H22BrN3O3. The van der Waals surface area contributed by atoms with Crippen LogP contribution in [0.2, 0.25) is 0 Å². The number of hydrazone groups is 1. The van der Waals surface area contributed by atoms with Crippen LogP contribution < -0.4 is 5.43 Å². The molecule has 1 fully saturated rings. The molecule has 1 aromatic heterocycles. The molecule has 1 N–H and O–H groups in total. The third-order valence-electron chi connectivity index (χ3n) is 4.31. The molecule has 0 atom stereocenters. The first-order valence-corrected chi connectivity index (χ1v) is 9.22. The van der Waals surface area contributed by atoms with Gasteiger partial charge in [0.05, 0.1) is 25.8 Å². The molecule has 0 spiro atoms. The number of nitrogens with one attached hydrogen (secondary N) is 1. The average molecular weight is 420 g/mol. The molecule has 1 aliphatic rings. The van der Waals surface area contributed by atoms with Crippen LogP contribution in [0.1, 0.15) is 30.3 Å². The Bertz CT molecular complexity index is 839. The van der Waals surface area contributed by atoms with Crippen molar-refractivity contribution in [2.24, 2.45) is 5.10 Å². The number of benzene rings is 1. The summed E-state index contributed by atoms with van der Waals surface area (Å²) in [6, 6.07) is 10.1. The second-order valence-corrected chi connectivity index (χ2v) is 7.36. The van der Waals surface area contributed by atoms with E-state index < -0.39 is 5.79 Å². The minimum Gasteiger partial charge on any atom is -0.347 e. The van der Waals surface area contributed by atoms with Crippen LogP contribution in [0.4, 0.5) is 0 Å². The van der Waals surface area contributed by atoms with Crippen LogP contribution in [0.3, 0.4) is 0 Å². The van der Waals surface area contributed by atoms with Gasteiger partial charge in [0.15, 0.2) is 5.79 Å². The number of aromatic nitrogens is 1. The van der Waals surface area contributed by atoms with E-state index in [1.165, 1.54) is 0 Å². The van der Waals surface area contributed by atoms with Gasteiger partial charge in [-0.25, -0.2) is 5.43 Å². The smallest absolute Gasteiger partial charge is 0.245 e. The van der Waals surface area contributed by atoms with Gasteiger partial charge in [-0.3, -0.25) is 4.79 Å². The molecule has 0 aliphatic carbocycles. The lowest BCUT2D eigenvalue weighted by atomic mass is 10.2. The van der Waals surface area contributed by atoms with Crippen LogP contribution in [-0.4, -0.2) is 35.7 Å². The summed E-state index contributed by atoms with van der Waals surface area (Å²) in [5.41, 5.74) is 6.70. The van der Waals surface area contributed by atoms with Crippen molar-refractivity contribution < 1.29 is 14.3 Å². The van der Waals surface area contributed by atoms with Crippen LogP contribution in [0.25, 0.3) is 5.69 Å². The highest BCUT2D eigenvalue weighted by Gasteiger charge is 2.33. The van der Waals surface area contributed by atoms with Crippen LogP contribution >= 0.6 is 15.9 Å². The van der Waals surface area contributed by atoms with Crippen molar-refractivity contribution in [3.05, 3.63) is 51.8 Å². The molecule has 7 heteroatoms. The van der Waals surface area contributed by atoms with Crippen molar-refractivity contribution in [3.63, 3.8) is 0 Å². The van der Waals surface area contributed by atoms with Crippen LogP contribution in [-0.2, 0) is 14.3 Å². The Morgan fingerprint density at radius 1 is 1.35 bits per heavy atom. The lowest BCUT2D eigenvalue weighted by Gasteiger charge is -2.20. The molecule has 1 aliphatic heterocycles. The molecule has 2 heterocycles. The minimum atomic E-state index is -0.851. The Morgan fingerprint density at radius 2 is 2.08 bits per heavy atom. The van der Waals surface area contributed by atoms with E-state index in [-0.39, 0.29) is 12.3 Å². The minimum absolute atomic E-state index is 0.113. The summed E-state index contributed by atoms with van der Waals surface area (Å²) in [4.78, 5) is 12.0. The van der Waals surface area contributed by atoms with E-state index in [2.05, 4.69) is 43.2 Å². The van der Waals surface area contributed by atoms with E-state index in [4.69, 9.17) is 9.47 Å². The van der Waals surface area contributed by atoms with Gasteiger partial charge in [-0.05, 0) is 45.0 Å². The molecule has 1 amide bonds. The van der Waals surface area contributed by atoms with E-state index in [0.29, 0.717) is 13.2 Å². The molecular weight excluding hydrogens is 398 g/mol. The lowest BCUT2D eigenvalue weighted by Crippen LogP contribution is -2.33. The van der Waals surface area contributed by atoms with E-state index in [1.54, 1.807) is 13.1 Å². The fourth-order valence-corrected chi connectivity index (χ4v) is 3.48. The maximum atomic E-state index is 12.0. The Kier molecular flexibility index (Phi) is 5.60. The Hall–Kier alpha value is -1.96. The second kappa shape index (κ2) is 7.73. The number of amides is 1. The van der Waals surface area contributed by atoms with Crippen LogP contribution in [0.5, 0.6) is 0 Å². The summed E-state index contributed by atoms with van der Waals surface area (Å²) in [6.45, 7) is 6.84. The molecule has 1 saturated heterocycles. The average Bonchev–Trinajstić information content (AvgIpc) is 3.11. The third-order valence-corrected chi connectivity index (χ3v) is 4.80. The highest BCUT2D eigenvalue weighted by atomic mass is 79.9. The summed E-state index contributed by atoms with van der Waals surface area (Å²) in [5, 5.41) is 4.08. The molecule has 1 aromatic carbocycles. The molecule has 3 rings (SSSR count). The topological polar surface area (TPSA) is 64.8 Å². The molecule has 0 radical (unpaired) electrons. The van der Waals surface area contributed by atoms with E-state index >= 15 is 0 Å². The molecule has 0 unspecified atom stereocenters. The van der Waals surface area contributed by atoms with Gasteiger partial charge in [0.2, 0.25) is 5.91 Å². The highest BCUT2D eigenvalue weighted by molar-refractivity contribution is 9.10. The lowest BCUT2D eigenvalue weighted by molar-refractivity contribution is -0.159. The maximum absolute atomic E-state index is 12.0. The number of carbonyl (C=O) groups is 1. The van der Waals surface area contributed by atoms with E-state index in [1.807, 2.05) is 32.0 Å². The fourth-order valence-electron chi connectivity index (χ4n) is 3.09. The number of rotatable bonds is 5. The summed E-state index contributed by atoms with van der Waals surface area (Å²) in [5.74, 6) is -1.10. The maximum Gasteiger partial charge on any atom is 0.245 e. The Balaban J connectivity index is 1.69. The predicted octanol–water partition coefficient (Wildman–Crippen LogP) is 3.46. The number of hydrogen-bond acceptors (Lipinski definition) is 4. The first-order valence-electron chi connectivity index (χ1n) is 8.43. The molecule has 0 saturated carbocycles. The summed E-state index contributed by atoms with van der Waals surface area (Å²) in [6.07, 6.45) is 1.77. The zero-order chi connectivity index (χ0) is 18.7. The van der Waals surface area contributed by atoms with Gasteiger partial charge in [0, 0.05) is 27.1 Å². The number of nitrogens with zero attached hydrogens (tertiary/aromatic N) is 2. The van der Waals surface area contributed by atoms with Gasteiger partial charge < -0.3 is 14.0 Å². The standard InChI is InChI=1S/C19H22BrN3O3/c1-13-9-15(14(2)23(13)17-6-4-5-16(20)10-17)12-21-22-18(24)11-19(3)25-7-8-26-19/h4-6,9-10,12H,7-8,11H2,1-3H3,(H,22,24). The third kappa shape index (κ3) is 4.23. The Morgan fingerprint density at radius 3 is 2.77 bits per heavy atom. The number of carbonyl (C=O) groups excluding carboxylic acids is 1. The van der Waals surface area contributed by atoms with Gasteiger partial charge in [0.25, 0.3) is 0 Å². The van der Waals surface area contributed by atoms with Gasteiger partial charge in [0.1, 0.15) is 0 Å². The predicted molar refractivity (Wildman–Crippen MR) is 104 cm³/mol. The van der Waals surface area contributed by atoms with Crippen molar-refractivity contribution in [2.75, 3.05) is 13.2 Å². The summed E-state index contributed by atoms with van der Waals surface area (Å²) in [7, 11) is 0. The van der Waals surface area contributed by atoms with Crippen molar-refractivity contribution in [1.29, 1.82) is 0 Å². The summed E-state index contributed by atoms with van der Waals surface area (Å²) >= 11 is 3.51. The van der Waals surface area contributed by atoms with Gasteiger partial charge in [-0.1, -0.05) is 22.0 Å². The number of hydrogen-bond donors (Lipinski definition) is 1.